The minimum absolute atomic E-state index is 0. The molecule has 2 aromatic rings. The van der Waals surface area contributed by atoms with Crippen molar-refractivity contribution in [1.82, 2.24) is 15.2 Å². The first kappa shape index (κ1) is 17.4. The molecule has 3 rings (SSSR count). The van der Waals surface area contributed by atoms with Gasteiger partial charge < -0.3 is 5.32 Å². The van der Waals surface area contributed by atoms with Crippen molar-refractivity contribution in [3.63, 3.8) is 0 Å². The molecule has 0 bridgehead atoms. The lowest BCUT2D eigenvalue weighted by Gasteiger charge is -2.36. The topological polar surface area (TPSA) is 28.2 Å². The number of nitrogens with one attached hydrogen (secondary N) is 1. The summed E-state index contributed by atoms with van der Waals surface area (Å²) in [4.78, 5) is 8.32. The second kappa shape index (κ2) is 8.06. The Labute approximate surface area is 143 Å². The largest absolute Gasteiger partial charge is 0.314 e. The van der Waals surface area contributed by atoms with Crippen molar-refractivity contribution in [2.24, 2.45) is 0 Å². The van der Waals surface area contributed by atoms with Crippen LogP contribution in [0.5, 0.6) is 0 Å². The fourth-order valence-electron chi connectivity index (χ4n) is 2.92. The number of aromatic nitrogens is 1. The third kappa shape index (κ3) is 4.07. The van der Waals surface area contributed by atoms with Crippen molar-refractivity contribution in [3.8, 4) is 0 Å². The second-order valence-electron chi connectivity index (χ2n) is 5.63. The molecule has 1 fully saturated rings. The summed E-state index contributed by atoms with van der Waals surface area (Å²) in [7, 11) is 0. The molecular formula is C17H24ClN3S. The van der Waals surface area contributed by atoms with Crippen LogP contribution in [0.1, 0.15) is 34.0 Å². The van der Waals surface area contributed by atoms with Crippen LogP contribution in [0.25, 0.3) is 0 Å². The van der Waals surface area contributed by atoms with Gasteiger partial charge in [0, 0.05) is 43.3 Å². The van der Waals surface area contributed by atoms with Gasteiger partial charge in [-0.1, -0.05) is 31.2 Å². The lowest BCUT2D eigenvalue weighted by atomic mass is 10.0. The molecule has 120 valence electrons. The van der Waals surface area contributed by atoms with Crippen LogP contribution < -0.4 is 5.32 Å². The van der Waals surface area contributed by atoms with E-state index >= 15 is 0 Å². The predicted molar refractivity (Wildman–Crippen MR) is 95.9 cm³/mol. The van der Waals surface area contributed by atoms with Gasteiger partial charge in [0.05, 0.1) is 5.01 Å². The van der Waals surface area contributed by atoms with Gasteiger partial charge in [-0.05, 0) is 24.5 Å². The molecule has 0 aliphatic carbocycles. The molecule has 1 aromatic carbocycles. The zero-order chi connectivity index (χ0) is 14.7. The molecule has 1 saturated heterocycles. The van der Waals surface area contributed by atoms with Crippen molar-refractivity contribution in [2.45, 2.75) is 32.9 Å². The van der Waals surface area contributed by atoms with Crippen LogP contribution >= 0.6 is 23.7 Å². The smallest absolute Gasteiger partial charge is 0.0897 e. The van der Waals surface area contributed by atoms with Crippen LogP contribution in [0.3, 0.4) is 0 Å². The van der Waals surface area contributed by atoms with E-state index in [-0.39, 0.29) is 12.4 Å². The van der Waals surface area contributed by atoms with Crippen molar-refractivity contribution in [1.29, 1.82) is 0 Å². The van der Waals surface area contributed by atoms with E-state index in [1.54, 1.807) is 0 Å². The SMILES string of the molecule is CCc1ccc(C2CNCCN2Cc2cnc(C)s2)cc1.Cl. The number of aryl methyl sites for hydroxylation is 2. The molecule has 0 radical (unpaired) electrons. The molecule has 2 heterocycles. The number of halogens is 1. The average molecular weight is 338 g/mol. The van der Waals surface area contributed by atoms with Gasteiger partial charge in [0.25, 0.3) is 0 Å². The van der Waals surface area contributed by atoms with Gasteiger partial charge in [0.2, 0.25) is 0 Å². The quantitative estimate of drug-likeness (QED) is 0.924. The fraction of sp³-hybridized carbons (Fsp3) is 0.471. The van der Waals surface area contributed by atoms with Gasteiger partial charge in [-0.2, -0.15) is 0 Å². The van der Waals surface area contributed by atoms with E-state index in [4.69, 9.17) is 0 Å². The van der Waals surface area contributed by atoms with Crippen LogP contribution in [-0.4, -0.2) is 29.5 Å². The molecule has 1 aromatic heterocycles. The van der Waals surface area contributed by atoms with E-state index in [1.807, 2.05) is 17.5 Å². The summed E-state index contributed by atoms with van der Waals surface area (Å²) >= 11 is 1.81. The highest BCUT2D eigenvalue weighted by Gasteiger charge is 2.24. The lowest BCUT2D eigenvalue weighted by Crippen LogP contribution is -2.45. The molecule has 1 N–H and O–H groups in total. The van der Waals surface area contributed by atoms with E-state index in [0.29, 0.717) is 6.04 Å². The van der Waals surface area contributed by atoms with Crippen molar-refractivity contribution in [2.75, 3.05) is 19.6 Å². The molecule has 0 saturated carbocycles. The third-order valence-corrected chi connectivity index (χ3v) is 5.05. The summed E-state index contributed by atoms with van der Waals surface area (Å²) < 4.78 is 0. The number of nitrogens with zero attached hydrogens (tertiary/aromatic N) is 2. The molecule has 1 aliphatic heterocycles. The second-order valence-corrected chi connectivity index (χ2v) is 6.95. The van der Waals surface area contributed by atoms with Crippen LogP contribution in [0, 0.1) is 6.92 Å². The van der Waals surface area contributed by atoms with Crippen LogP contribution in [0.15, 0.2) is 30.5 Å². The molecule has 3 nitrogen and oxygen atoms in total. The van der Waals surface area contributed by atoms with Gasteiger partial charge in [0.1, 0.15) is 0 Å². The first-order chi connectivity index (χ1) is 10.3. The summed E-state index contributed by atoms with van der Waals surface area (Å²) in [5, 5.41) is 4.69. The molecule has 0 amide bonds. The number of hydrogen-bond acceptors (Lipinski definition) is 4. The lowest BCUT2D eigenvalue weighted by molar-refractivity contribution is 0.155. The molecule has 1 atom stereocenters. The van der Waals surface area contributed by atoms with Gasteiger partial charge in [0.15, 0.2) is 0 Å². The highest BCUT2D eigenvalue weighted by molar-refractivity contribution is 7.11. The minimum atomic E-state index is 0. The molecule has 22 heavy (non-hydrogen) atoms. The summed E-state index contributed by atoms with van der Waals surface area (Å²) in [5.41, 5.74) is 2.83. The standard InChI is InChI=1S/C17H23N3S.ClH/c1-3-14-4-6-15(7-5-14)17-11-18-8-9-20(17)12-16-10-19-13(2)21-16;/h4-7,10,17-18H,3,8-9,11-12H2,1-2H3;1H. The van der Waals surface area contributed by atoms with Gasteiger partial charge in [-0.3, -0.25) is 4.90 Å². The van der Waals surface area contributed by atoms with E-state index in [9.17, 15) is 0 Å². The van der Waals surface area contributed by atoms with Crippen LogP contribution in [-0.2, 0) is 13.0 Å². The Bertz CT molecular complexity index is 582. The average Bonchev–Trinajstić information content (AvgIpc) is 2.93. The number of rotatable bonds is 4. The maximum atomic E-state index is 4.38. The fourth-order valence-corrected chi connectivity index (χ4v) is 3.74. The Morgan fingerprint density at radius 1 is 1.32 bits per heavy atom. The molecule has 0 spiro atoms. The molecule has 5 heteroatoms. The van der Waals surface area contributed by atoms with E-state index in [1.165, 1.54) is 16.0 Å². The van der Waals surface area contributed by atoms with E-state index in [0.717, 1.165) is 37.6 Å². The summed E-state index contributed by atoms with van der Waals surface area (Å²) in [6.45, 7) is 8.48. The molecule has 1 aliphatic rings. The maximum Gasteiger partial charge on any atom is 0.0897 e. The number of benzene rings is 1. The summed E-state index contributed by atoms with van der Waals surface area (Å²) in [6, 6.07) is 9.58. The predicted octanol–water partition coefficient (Wildman–Crippen LogP) is 3.58. The van der Waals surface area contributed by atoms with Crippen molar-refractivity contribution in [3.05, 3.63) is 51.5 Å². The van der Waals surface area contributed by atoms with Crippen molar-refractivity contribution >= 4 is 23.7 Å². The molecule has 1 unspecified atom stereocenters. The molecular weight excluding hydrogens is 314 g/mol. The number of piperazine rings is 1. The summed E-state index contributed by atoms with van der Waals surface area (Å²) in [6.07, 6.45) is 3.13. The Morgan fingerprint density at radius 2 is 2.09 bits per heavy atom. The maximum absolute atomic E-state index is 4.38. The summed E-state index contributed by atoms with van der Waals surface area (Å²) in [5.74, 6) is 0. The first-order valence-corrected chi connectivity index (χ1v) is 8.53. The first-order valence-electron chi connectivity index (χ1n) is 7.71. The minimum Gasteiger partial charge on any atom is -0.314 e. The van der Waals surface area contributed by atoms with E-state index < -0.39 is 0 Å². The number of hydrogen-bond donors (Lipinski definition) is 1. The van der Waals surface area contributed by atoms with E-state index in [2.05, 4.69) is 53.3 Å². The monoisotopic (exact) mass is 337 g/mol. The van der Waals surface area contributed by atoms with Gasteiger partial charge in [-0.25, -0.2) is 4.98 Å². The highest BCUT2D eigenvalue weighted by atomic mass is 35.5. The highest BCUT2D eigenvalue weighted by Crippen LogP contribution is 2.26. The van der Waals surface area contributed by atoms with Crippen LogP contribution in [0.2, 0.25) is 0 Å². The van der Waals surface area contributed by atoms with Gasteiger partial charge in [-0.15, -0.1) is 23.7 Å². The zero-order valence-electron chi connectivity index (χ0n) is 13.2. The zero-order valence-corrected chi connectivity index (χ0v) is 14.8. The third-order valence-electron chi connectivity index (χ3n) is 4.16. The Hall–Kier alpha value is -0.940. The Morgan fingerprint density at radius 3 is 2.73 bits per heavy atom. The van der Waals surface area contributed by atoms with Gasteiger partial charge >= 0.3 is 0 Å². The van der Waals surface area contributed by atoms with Crippen molar-refractivity contribution < 1.29 is 0 Å². The Balaban J connectivity index is 0.00000176. The number of thiazole rings is 1. The van der Waals surface area contributed by atoms with Crippen LogP contribution in [0.4, 0.5) is 0 Å². The Kier molecular flexibility index (Phi) is 6.38. The normalized spacial score (nSPS) is 18.9.